The highest BCUT2D eigenvalue weighted by molar-refractivity contribution is 7.91. The van der Waals surface area contributed by atoms with Crippen LogP contribution in [-0.2, 0) is 19.4 Å². The van der Waals surface area contributed by atoms with Gasteiger partial charge in [0, 0.05) is 18.5 Å². The third kappa shape index (κ3) is 5.70. The van der Waals surface area contributed by atoms with Crippen molar-refractivity contribution < 1.29 is 27.5 Å². The molecular weight excluding hydrogens is 446 g/mol. The molecule has 174 valence electrons. The number of carbonyl (C=O) groups is 2. The molecule has 1 N–H and O–H groups in total. The number of hydrazone groups is 1. The fourth-order valence-electron chi connectivity index (χ4n) is 3.70. The van der Waals surface area contributed by atoms with Crippen LogP contribution in [-0.4, -0.2) is 55.1 Å². The first-order chi connectivity index (χ1) is 15.8. The van der Waals surface area contributed by atoms with Crippen molar-refractivity contribution in [3.8, 4) is 17.2 Å². The average Bonchev–Trinajstić information content (AvgIpc) is 3.16. The van der Waals surface area contributed by atoms with Gasteiger partial charge in [-0.05, 0) is 61.9 Å². The standard InChI is InChI=1S/C23H25N3O6S/c1-2-31-18-7-9-20(10-8-18)32-19-5-3-16(4-6-19)24-23(28)21-11-12-22(27)26(25-21)17-13-14-33(29,30)15-17/h3-10,17H,2,11-15H2,1H3,(H,24,28)/t17-/m1/s1. The molecule has 33 heavy (non-hydrogen) atoms. The van der Waals surface area contributed by atoms with E-state index in [1.807, 2.05) is 31.2 Å². The Morgan fingerprint density at radius 3 is 2.30 bits per heavy atom. The smallest absolute Gasteiger partial charge is 0.271 e. The van der Waals surface area contributed by atoms with Gasteiger partial charge in [-0.3, -0.25) is 9.59 Å². The van der Waals surface area contributed by atoms with Crippen molar-refractivity contribution >= 4 is 33.1 Å². The Morgan fingerprint density at radius 2 is 1.70 bits per heavy atom. The second-order valence-electron chi connectivity index (χ2n) is 7.83. The van der Waals surface area contributed by atoms with Crippen LogP contribution in [0.3, 0.4) is 0 Å². The molecule has 2 amide bonds. The van der Waals surface area contributed by atoms with Crippen molar-refractivity contribution in [2.75, 3.05) is 23.4 Å². The maximum Gasteiger partial charge on any atom is 0.271 e. The molecule has 0 radical (unpaired) electrons. The molecule has 0 unspecified atom stereocenters. The van der Waals surface area contributed by atoms with Crippen LogP contribution in [0.15, 0.2) is 53.6 Å². The Kier molecular flexibility index (Phi) is 6.64. The van der Waals surface area contributed by atoms with Crippen LogP contribution in [0.25, 0.3) is 0 Å². The van der Waals surface area contributed by atoms with Crippen molar-refractivity contribution in [2.45, 2.75) is 32.2 Å². The first-order valence-corrected chi connectivity index (χ1v) is 12.6. The summed E-state index contributed by atoms with van der Waals surface area (Å²) in [6.45, 7) is 2.51. The number of rotatable bonds is 7. The molecule has 1 atom stereocenters. The monoisotopic (exact) mass is 471 g/mol. The van der Waals surface area contributed by atoms with E-state index >= 15 is 0 Å². The molecule has 0 bridgehead atoms. The van der Waals surface area contributed by atoms with Gasteiger partial charge in [0.05, 0.1) is 24.2 Å². The minimum atomic E-state index is -3.17. The lowest BCUT2D eigenvalue weighted by atomic mass is 10.1. The molecule has 2 aliphatic heterocycles. The van der Waals surface area contributed by atoms with Crippen molar-refractivity contribution in [1.82, 2.24) is 5.01 Å². The van der Waals surface area contributed by atoms with Crippen LogP contribution >= 0.6 is 0 Å². The van der Waals surface area contributed by atoms with E-state index in [1.54, 1.807) is 24.3 Å². The average molecular weight is 472 g/mol. The van der Waals surface area contributed by atoms with E-state index in [0.717, 1.165) is 5.75 Å². The van der Waals surface area contributed by atoms with Crippen LogP contribution in [0.5, 0.6) is 17.2 Å². The topological polar surface area (TPSA) is 114 Å². The highest BCUT2D eigenvalue weighted by atomic mass is 32.2. The van der Waals surface area contributed by atoms with Gasteiger partial charge in [-0.25, -0.2) is 13.4 Å². The summed E-state index contributed by atoms with van der Waals surface area (Å²) >= 11 is 0. The highest BCUT2D eigenvalue weighted by Crippen LogP contribution is 2.26. The van der Waals surface area contributed by atoms with E-state index in [1.165, 1.54) is 5.01 Å². The minimum absolute atomic E-state index is 0.0313. The third-order valence-electron chi connectivity index (χ3n) is 5.36. The summed E-state index contributed by atoms with van der Waals surface area (Å²) < 4.78 is 34.7. The molecule has 2 heterocycles. The molecule has 0 aliphatic carbocycles. The van der Waals surface area contributed by atoms with Crippen LogP contribution in [0.4, 0.5) is 5.69 Å². The fourth-order valence-corrected chi connectivity index (χ4v) is 5.40. The summed E-state index contributed by atoms with van der Waals surface area (Å²) in [5.74, 6) is 1.26. The summed E-state index contributed by atoms with van der Waals surface area (Å²) in [4.78, 5) is 24.9. The zero-order valence-electron chi connectivity index (χ0n) is 18.2. The Balaban J connectivity index is 1.38. The van der Waals surface area contributed by atoms with Gasteiger partial charge in [-0.15, -0.1) is 0 Å². The van der Waals surface area contributed by atoms with Gasteiger partial charge < -0.3 is 14.8 Å². The first-order valence-electron chi connectivity index (χ1n) is 10.7. The van der Waals surface area contributed by atoms with E-state index in [2.05, 4.69) is 10.4 Å². The normalized spacial score (nSPS) is 19.7. The van der Waals surface area contributed by atoms with Crippen molar-refractivity contribution in [1.29, 1.82) is 0 Å². The summed E-state index contributed by atoms with van der Waals surface area (Å²) in [6, 6.07) is 13.6. The number of nitrogens with zero attached hydrogens (tertiary/aromatic N) is 2. The van der Waals surface area contributed by atoms with Crippen LogP contribution in [0, 0.1) is 0 Å². The van der Waals surface area contributed by atoms with Gasteiger partial charge in [-0.1, -0.05) is 0 Å². The molecule has 2 aromatic carbocycles. The molecule has 0 spiro atoms. The second kappa shape index (κ2) is 9.62. The Hall–Kier alpha value is -3.40. The Bertz CT molecular complexity index is 1160. The van der Waals surface area contributed by atoms with Crippen LogP contribution in [0.2, 0.25) is 0 Å². The first kappa shape index (κ1) is 22.8. The minimum Gasteiger partial charge on any atom is -0.494 e. The molecule has 4 rings (SSSR count). The molecular formula is C23H25N3O6S. The maximum absolute atomic E-state index is 12.7. The van der Waals surface area contributed by atoms with Gasteiger partial charge in [0.2, 0.25) is 5.91 Å². The number of hydrogen-bond acceptors (Lipinski definition) is 7. The maximum atomic E-state index is 12.7. The number of benzene rings is 2. The van der Waals surface area contributed by atoms with Crippen LogP contribution < -0.4 is 14.8 Å². The number of ether oxygens (including phenoxy) is 2. The quantitative estimate of drug-likeness (QED) is 0.664. The number of carbonyl (C=O) groups excluding carboxylic acids is 2. The zero-order valence-corrected chi connectivity index (χ0v) is 19.0. The van der Waals surface area contributed by atoms with E-state index in [-0.39, 0.29) is 36.0 Å². The van der Waals surface area contributed by atoms with Crippen LogP contribution in [0.1, 0.15) is 26.2 Å². The van der Waals surface area contributed by atoms with Gasteiger partial charge >= 0.3 is 0 Å². The van der Waals surface area contributed by atoms with Crippen molar-refractivity contribution in [3.63, 3.8) is 0 Å². The molecule has 0 saturated carbocycles. The lowest BCUT2D eigenvalue weighted by Crippen LogP contribution is -2.42. The van der Waals surface area contributed by atoms with E-state index in [4.69, 9.17) is 9.47 Å². The highest BCUT2D eigenvalue weighted by Gasteiger charge is 2.37. The van der Waals surface area contributed by atoms with Gasteiger partial charge in [0.25, 0.3) is 5.91 Å². The molecule has 1 fully saturated rings. The van der Waals surface area contributed by atoms with Gasteiger partial charge in [-0.2, -0.15) is 5.10 Å². The molecule has 2 aromatic rings. The van der Waals surface area contributed by atoms with E-state index < -0.39 is 21.8 Å². The SMILES string of the molecule is CCOc1ccc(Oc2ccc(NC(=O)C3=NN([C@@H]4CCS(=O)(=O)C4)C(=O)CC3)cc2)cc1. The number of anilines is 1. The Labute approximate surface area is 192 Å². The summed E-state index contributed by atoms with van der Waals surface area (Å²) in [6.07, 6.45) is 0.666. The molecule has 0 aromatic heterocycles. The molecule has 1 saturated heterocycles. The summed E-state index contributed by atoms with van der Waals surface area (Å²) in [7, 11) is -3.17. The summed E-state index contributed by atoms with van der Waals surface area (Å²) in [5.41, 5.74) is 0.752. The van der Waals surface area contributed by atoms with Gasteiger partial charge in [0.1, 0.15) is 23.0 Å². The molecule has 9 nitrogen and oxygen atoms in total. The Morgan fingerprint density at radius 1 is 1.06 bits per heavy atom. The molecule has 10 heteroatoms. The van der Waals surface area contributed by atoms with Gasteiger partial charge in [0.15, 0.2) is 9.84 Å². The number of nitrogens with one attached hydrogen (secondary N) is 1. The second-order valence-corrected chi connectivity index (χ2v) is 10.1. The lowest BCUT2D eigenvalue weighted by molar-refractivity contribution is -0.133. The van der Waals surface area contributed by atoms with Crippen molar-refractivity contribution in [3.05, 3.63) is 48.5 Å². The largest absolute Gasteiger partial charge is 0.494 e. The zero-order chi connectivity index (χ0) is 23.4. The van der Waals surface area contributed by atoms with E-state index in [0.29, 0.717) is 30.2 Å². The lowest BCUT2D eigenvalue weighted by Gasteiger charge is -2.27. The number of hydrogen-bond donors (Lipinski definition) is 1. The number of sulfone groups is 1. The predicted molar refractivity (Wildman–Crippen MR) is 123 cm³/mol. The molecule has 2 aliphatic rings. The number of amides is 2. The van der Waals surface area contributed by atoms with Crippen molar-refractivity contribution in [2.24, 2.45) is 5.10 Å². The van der Waals surface area contributed by atoms with E-state index in [9.17, 15) is 18.0 Å². The summed E-state index contributed by atoms with van der Waals surface area (Å²) in [5, 5.41) is 8.13. The predicted octanol–water partition coefficient (Wildman–Crippen LogP) is 2.98. The third-order valence-corrected chi connectivity index (χ3v) is 7.11. The fraction of sp³-hybridized carbons (Fsp3) is 0.348.